The van der Waals surface area contributed by atoms with E-state index >= 15 is 0 Å². The third-order valence-electron chi connectivity index (χ3n) is 3.34. The van der Waals surface area contributed by atoms with Gasteiger partial charge in [-0.2, -0.15) is 0 Å². The van der Waals surface area contributed by atoms with Gasteiger partial charge in [0.2, 0.25) is 0 Å². The molecule has 0 aliphatic rings. The lowest BCUT2D eigenvalue weighted by molar-refractivity contribution is 1.40. The number of fused-ring (bicyclic) bond motifs is 4. The molecule has 0 unspecified atom stereocenters. The zero-order chi connectivity index (χ0) is 13.7. The quantitative estimate of drug-likeness (QED) is 0.295. The first-order valence-electron chi connectivity index (χ1n) is 6.16. The summed E-state index contributed by atoms with van der Waals surface area (Å²) < 4.78 is 2.09. The lowest BCUT2D eigenvalue weighted by Crippen LogP contribution is -1.88. The van der Waals surface area contributed by atoms with Gasteiger partial charge >= 0.3 is 0 Å². The van der Waals surface area contributed by atoms with Gasteiger partial charge < -0.3 is 0 Å². The van der Waals surface area contributed by atoms with E-state index in [-0.39, 0.29) is 0 Å². The molecule has 0 saturated carbocycles. The maximum absolute atomic E-state index is 4.79. The molecular weight excluding hydrogens is 380 g/mol. The van der Waals surface area contributed by atoms with Crippen LogP contribution in [0.3, 0.4) is 0 Å². The minimum atomic E-state index is 0.905. The van der Waals surface area contributed by atoms with Crippen LogP contribution in [-0.2, 0) is 0 Å². The first-order chi connectivity index (χ1) is 9.70. The topological polar surface area (TPSA) is 25.8 Å². The van der Waals surface area contributed by atoms with Crippen LogP contribution in [0.2, 0.25) is 0 Å². The number of halogens is 2. The van der Waals surface area contributed by atoms with Crippen LogP contribution >= 0.6 is 31.9 Å². The summed E-state index contributed by atoms with van der Waals surface area (Å²) in [6.07, 6.45) is 0. The zero-order valence-electron chi connectivity index (χ0n) is 10.3. The maximum Gasteiger partial charge on any atom is 0.0972 e. The summed E-state index contributed by atoms with van der Waals surface area (Å²) in [5.74, 6) is 0. The average molecular weight is 388 g/mol. The number of hydrogen-bond donors (Lipinski definition) is 0. The molecular formula is C16H8Br2N2. The summed E-state index contributed by atoms with van der Waals surface area (Å²) in [7, 11) is 0. The summed E-state index contributed by atoms with van der Waals surface area (Å²) in [5, 5.41) is 2.29. The number of aromatic nitrogens is 2. The van der Waals surface area contributed by atoms with Crippen molar-refractivity contribution in [2.75, 3.05) is 0 Å². The summed E-state index contributed by atoms with van der Waals surface area (Å²) in [6.45, 7) is 0. The van der Waals surface area contributed by atoms with Crippen molar-refractivity contribution < 1.29 is 0 Å². The highest BCUT2D eigenvalue weighted by atomic mass is 79.9. The molecule has 4 aromatic rings. The second-order valence-corrected chi connectivity index (χ2v) is 6.49. The molecule has 0 saturated heterocycles. The van der Waals surface area contributed by atoms with E-state index in [0.29, 0.717) is 0 Å². The lowest BCUT2D eigenvalue weighted by Gasteiger charge is -2.05. The molecule has 0 bridgehead atoms. The van der Waals surface area contributed by atoms with Crippen LogP contribution in [0.25, 0.3) is 32.8 Å². The van der Waals surface area contributed by atoms with Crippen molar-refractivity contribution in [3.05, 3.63) is 57.5 Å². The lowest BCUT2D eigenvalue weighted by atomic mass is 10.1. The van der Waals surface area contributed by atoms with Gasteiger partial charge in [-0.3, -0.25) is 0 Å². The van der Waals surface area contributed by atoms with Crippen molar-refractivity contribution in [3.63, 3.8) is 0 Å². The molecule has 1 heterocycles. The molecule has 3 aromatic carbocycles. The smallest absolute Gasteiger partial charge is 0.0972 e. The van der Waals surface area contributed by atoms with Crippen molar-refractivity contribution in [1.82, 2.24) is 9.97 Å². The Kier molecular flexibility index (Phi) is 2.75. The SMILES string of the molecule is Brc1ccc2c(ccc3nc4ccc(Br)cc4nc32)c1. The molecule has 0 radical (unpaired) electrons. The Balaban J connectivity index is 2.19. The van der Waals surface area contributed by atoms with E-state index in [1.807, 2.05) is 30.3 Å². The van der Waals surface area contributed by atoms with Crippen LogP contribution in [-0.4, -0.2) is 9.97 Å². The van der Waals surface area contributed by atoms with E-state index in [1.165, 1.54) is 0 Å². The molecule has 4 heteroatoms. The van der Waals surface area contributed by atoms with E-state index in [4.69, 9.17) is 9.97 Å². The Labute approximate surface area is 132 Å². The summed E-state index contributed by atoms with van der Waals surface area (Å²) in [5.41, 5.74) is 3.69. The van der Waals surface area contributed by atoms with Crippen molar-refractivity contribution in [2.45, 2.75) is 0 Å². The van der Waals surface area contributed by atoms with Crippen molar-refractivity contribution in [1.29, 1.82) is 0 Å². The van der Waals surface area contributed by atoms with Crippen molar-refractivity contribution in [3.8, 4) is 0 Å². The maximum atomic E-state index is 4.79. The van der Waals surface area contributed by atoms with Gasteiger partial charge in [0.25, 0.3) is 0 Å². The van der Waals surface area contributed by atoms with Crippen molar-refractivity contribution >= 4 is 64.7 Å². The number of benzene rings is 3. The Hall–Kier alpha value is -1.52. The minimum absolute atomic E-state index is 0.905. The fourth-order valence-corrected chi connectivity index (χ4v) is 3.14. The molecule has 0 atom stereocenters. The van der Waals surface area contributed by atoms with Crippen LogP contribution in [0, 0.1) is 0 Å². The first-order valence-corrected chi connectivity index (χ1v) is 7.75. The van der Waals surface area contributed by atoms with E-state index in [9.17, 15) is 0 Å². The molecule has 96 valence electrons. The molecule has 4 rings (SSSR count). The fourth-order valence-electron chi connectivity index (χ4n) is 2.41. The third kappa shape index (κ3) is 1.91. The molecule has 2 nitrogen and oxygen atoms in total. The van der Waals surface area contributed by atoms with Gasteiger partial charge in [-0.1, -0.05) is 44.0 Å². The van der Waals surface area contributed by atoms with Gasteiger partial charge in [0.15, 0.2) is 0 Å². The Morgan fingerprint density at radius 3 is 2.30 bits per heavy atom. The van der Waals surface area contributed by atoms with Crippen LogP contribution in [0.4, 0.5) is 0 Å². The highest BCUT2D eigenvalue weighted by Crippen LogP contribution is 2.27. The van der Waals surface area contributed by atoms with Gasteiger partial charge in [-0.05, 0) is 41.8 Å². The van der Waals surface area contributed by atoms with Gasteiger partial charge in [0.1, 0.15) is 0 Å². The molecule has 20 heavy (non-hydrogen) atoms. The van der Waals surface area contributed by atoms with E-state index in [0.717, 1.165) is 41.8 Å². The third-order valence-corrected chi connectivity index (χ3v) is 4.33. The largest absolute Gasteiger partial charge is 0.244 e. The summed E-state index contributed by atoms with van der Waals surface area (Å²) in [4.78, 5) is 9.48. The Bertz CT molecular complexity index is 980. The van der Waals surface area contributed by atoms with Gasteiger partial charge in [0, 0.05) is 14.3 Å². The number of rotatable bonds is 0. The number of hydrogen-bond acceptors (Lipinski definition) is 2. The fraction of sp³-hybridized carbons (Fsp3) is 0. The molecule has 0 amide bonds. The normalized spacial score (nSPS) is 11.5. The molecule has 1 aromatic heterocycles. The highest BCUT2D eigenvalue weighted by molar-refractivity contribution is 9.10. The molecule has 0 fully saturated rings. The molecule has 0 spiro atoms. The monoisotopic (exact) mass is 386 g/mol. The van der Waals surface area contributed by atoms with Gasteiger partial charge in [0.05, 0.1) is 22.1 Å². The predicted molar refractivity (Wildman–Crippen MR) is 90.0 cm³/mol. The molecule has 0 aliphatic heterocycles. The standard InChI is InChI=1S/C16H8Br2N2/c17-10-2-4-12-9(7-10)1-5-14-16(12)20-15-8-11(18)3-6-13(15)19-14/h1-8H. The van der Waals surface area contributed by atoms with Gasteiger partial charge in [-0.15, -0.1) is 0 Å². The average Bonchev–Trinajstić information content (AvgIpc) is 2.44. The molecule has 0 aliphatic carbocycles. The van der Waals surface area contributed by atoms with Crippen molar-refractivity contribution in [2.24, 2.45) is 0 Å². The van der Waals surface area contributed by atoms with Crippen LogP contribution in [0.5, 0.6) is 0 Å². The van der Waals surface area contributed by atoms with Crippen LogP contribution in [0.15, 0.2) is 57.5 Å². The summed E-state index contributed by atoms with van der Waals surface area (Å²) in [6, 6.07) is 16.3. The second kappa shape index (κ2) is 4.50. The van der Waals surface area contributed by atoms with E-state index in [1.54, 1.807) is 0 Å². The zero-order valence-corrected chi connectivity index (χ0v) is 13.4. The Morgan fingerprint density at radius 2 is 1.40 bits per heavy atom. The van der Waals surface area contributed by atoms with Crippen LogP contribution in [0.1, 0.15) is 0 Å². The molecule has 0 N–H and O–H groups in total. The summed E-state index contributed by atoms with van der Waals surface area (Å²) >= 11 is 6.99. The van der Waals surface area contributed by atoms with E-state index in [2.05, 4.69) is 50.1 Å². The van der Waals surface area contributed by atoms with Crippen LogP contribution < -0.4 is 0 Å². The number of nitrogens with zero attached hydrogens (tertiary/aromatic N) is 2. The second-order valence-electron chi connectivity index (χ2n) is 4.66. The predicted octanol–water partition coefficient (Wildman–Crippen LogP) is 5.46. The van der Waals surface area contributed by atoms with E-state index < -0.39 is 0 Å². The Morgan fingerprint density at radius 1 is 0.650 bits per heavy atom. The first kappa shape index (κ1) is 12.2. The highest BCUT2D eigenvalue weighted by Gasteiger charge is 2.06. The van der Waals surface area contributed by atoms with Gasteiger partial charge in [-0.25, -0.2) is 9.97 Å². The minimum Gasteiger partial charge on any atom is -0.244 e.